The number of anilines is 1. The number of aromatic nitrogens is 6. The molecule has 2 N–H and O–H groups in total. The van der Waals surface area contributed by atoms with Crippen LogP contribution in [-0.4, -0.2) is 41.6 Å². The molecule has 2 heterocycles. The summed E-state index contributed by atoms with van der Waals surface area (Å²) in [5.41, 5.74) is 3.63. The van der Waals surface area contributed by atoms with Gasteiger partial charge in [0.25, 0.3) is 0 Å². The third kappa shape index (κ3) is 4.98. The highest BCUT2D eigenvalue weighted by atomic mass is 32.2. The van der Waals surface area contributed by atoms with E-state index < -0.39 is 0 Å². The molecule has 0 saturated heterocycles. The standard InChI is InChI=1S/C24H27N7OS/c1-5-31-23(17-11-7-6-10-16(17)4)29-30-24(31)33-14-20(32)25-19-13-9-8-12-18(19)22-26-21(15(2)3)27-28-22/h6-13,15H,5,14H2,1-4H3,(H,25,32)(H,26,27,28). The summed E-state index contributed by atoms with van der Waals surface area (Å²) in [5.74, 6) is 2.52. The number of H-pyrrole nitrogens is 1. The average molecular weight is 462 g/mol. The van der Waals surface area contributed by atoms with Gasteiger partial charge in [0.15, 0.2) is 16.8 Å². The number of amides is 1. The molecule has 0 fully saturated rings. The first kappa shape index (κ1) is 22.7. The second-order valence-corrected chi connectivity index (χ2v) is 8.89. The van der Waals surface area contributed by atoms with Gasteiger partial charge in [0.05, 0.1) is 11.4 Å². The van der Waals surface area contributed by atoms with Gasteiger partial charge < -0.3 is 9.88 Å². The Morgan fingerprint density at radius 1 is 1.09 bits per heavy atom. The Bertz CT molecular complexity index is 1260. The molecule has 0 radical (unpaired) electrons. The molecular weight excluding hydrogens is 434 g/mol. The zero-order valence-corrected chi connectivity index (χ0v) is 20.0. The third-order valence-electron chi connectivity index (χ3n) is 5.24. The van der Waals surface area contributed by atoms with E-state index in [9.17, 15) is 4.79 Å². The molecular formula is C24H27N7OS. The maximum Gasteiger partial charge on any atom is 0.234 e. The lowest BCUT2D eigenvalue weighted by Gasteiger charge is -2.10. The summed E-state index contributed by atoms with van der Waals surface area (Å²) in [6.45, 7) is 8.92. The van der Waals surface area contributed by atoms with Crippen molar-refractivity contribution in [3.05, 3.63) is 59.9 Å². The van der Waals surface area contributed by atoms with E-state index in [4.69, 9.17) is 0 Å². The van der Waals surface area contributed by atoms with Gasteiger partial charge in [0.2, 0.25) is 5.91 Å². The number of nitrogens with zero attached hydrogens (tertiary/aromatic N) is 5. The molecule has 2 aromatic carbocycles. The van der Waals surface area contributed by atoms with Crippen molar-refractivity contribution in [3.8, 4) is 22.8 Å². The summed E-state index contributed by atoms with van der Waals surface area (Å²) in [7, 11) is 0. The Morgan fingerprint density at radius 3 is 2.52 bits per heavy atom. The highest BCUT2D eigenvalue weighted by molar-refractivity contribution is 7.99. The summed E-state index contributed by atoms with van der Waals surface area (Å²) in [6, 6.07) is 15.6. The molecule has 0 spiro atoms. The van der Waals surface area contributed by atoms with E-state index in [0.717, 1.165) is 33.5 Å². The van der Waals surface area contributed by atoms with Crippen molar-refractivity contribution in [2.24, 2.45) is 0 Å². The number of aryl methyl sites for hydroxylation is 1. The van der Waals surface area contributed by atoms with Gasteiger partial charge >= 0.3 is 0 Å². The van der Waals surface area contributed by atoms with Crippen molar-refractivity contribution in [2.45, 2.75) is 45.3 Å². The second kappa shape index (κ2) is 9.99. The molecule has 33 heavy (non-hydrogen) atoms. The van der Waals surface area contributed by atoms with Gasteiger partial charge in [-0.2, -0.15) is 5.10 Å². The summed E-state index contributed by atoms with van der Waals surface area (Å²) >= 11 is 1.37. The first-order chi connectivity index (χ1) is 16.0. The summed E-state index contributed by atoms with van der Waals surface area (Å²) < 4.78 is 2.04. The normalized spacial score (nSPS) is 11.2. The molecule has 0 aliphatic rings. The topological polar surface area (TPSA) is 101 Å². The van der Waals surface area contributed by atoms with Crippen LogP contribution in [0, 0.1) is 6.92 Å². The molecule has 4 rings (SSSR count). The predicted molar refractivity (Wildman–Crippen MR) is 131 cm³/mol. The van der Waals surface area contributed by atoms with E-state index in [2.05, 4.69) is 57.5 Å². The number of aromatic amines is 1. The van der Waals surface area contributed by atoms with E-state index in [1.807, 2.05) is 54.0 Å². The number of hydrogen-bond donors (Lipinski definition) is 2. The van der Waals surface area contributed by atoms with E-state index in [1.54, 1.807) is 0 Å². The maximum absolute atomic E-state index is 12.8. The fourth-order valence-corrected chi connectivity index (χ4v) is 4.26. The number of para-hydroxylation sites is 1. The fourth-order valence-electron chi connectivity index (χ4n) is 3.46. The van der Waals surface area contributed by atoms with E-state index in [0.29, 0.717) is 18.1 Å². The lowest BCUT2D eigenvalue weighted by molar-refractivity contribution is -0.113. The van der Waals surface area contributed by atoms with Gasteiger partial charge in [0, 0.05) is 23.6 Å². The molecule has 170 valence electrons. The number of carbonyl (C=O) groups is 1. The summed E-state index contributed by atoms with van der Waals surface area (Å²) in [6.07, 6.45) is 0. The van der Waals surface area contributed by atoms with Crippen molar-refractivity contribution < 1.29 is 4.79 Å². The SMILES string of the molecule is CCn1c(SCC(=O)Nc2ccccc2-c2n[nH]c(C(C)C)n2)nnc1-c1ccccc1C. The molecule has 0 bridgehead atoms. The fraction of sp³-hybridized carbons (Fsp3) is 0.292. The lowest BCUT2D eigenvalue weighted by Crippen LogP contribution is -2.15. The van der Waals surface area contributed by atoms with Crippen LogP contribution in [0.1, 0.15) is 38.1 Å². The van der Waals surface area contributed by atoms with Crippen LogP contribution in [-0.2, 0) is 11.3 Å². The predicted octanol–water partition coefficient (Wildman–Crippen LogP) is 4.91. The van der Waals surface area contributed by atoms with Gasteiger partial charge in [-0.1, -0.05) is 62.0 Å². The zero-order valence-electron chi connectivity index (χ0n) is 19.2. The third-order valence-corrected chi connectivity index (χ3v) is 6.21. The first-order valence-corrected chi connectivity index (χ1v) is 11.9. The zero-order chi connectivity index (χ0) is 23.4. The van der Waals surface area contributed by atoms with Gasteiger partial charge in [-0.25, -0.2) is 4.98 Å². The number of hydrogen-bond acceptors (Lipinski definition) is 6. The molecule has 4 aromatic rings. The van der Waals surface area contributed by atoms with E-state index in [-0.39, 0.29) is 17.6 Å². The van der Waals surface area contributed by atoms with Crippen LogP contribution in [0.5, 0.6) is 0 Å². The van der Waals surface area contributed by atoms with Crippen LogP contribution in [0.3, 0.4) is 0 Å². The molecule has 1 amide bonds. The Hall–Kier alpha value is -3.46. The number of benzene rings is 2. The van der Waals surface area contributed by atoms with Crippen LogP contribution >= 0.6 is 11.8 Å². The first-order valence-electron chi connectivity index (χ1n) is 10.9. The minimum atomic E-state index is -0.129. The van der Waals surface area contributed by atoms with Gasteiger partial charge in [0.1, 0.15) is 5.82 Å². The molecule has 9 heteroatoms. The van der Waals surface area contributed by atoms with Crippen molar-refractivity contribution in [3.63, 3.8) is 0 Å². The smallest absolute Gasteiger partial charge is 0.234 e. The largest absolute Gasteiger partial charge is 0.325 e. The highest BCUT2D eigenvalue weighted by Crippen LogP contribution is 2.28. The number of thioether (sulfide) groups is 1. The molecule has 0 aliphatic carbocycles. The number of nitrogens with one attached hydrogen (secondary N) is 2. The van der Waals surface area contributed by atoms with Crippen LogP contribution in [0.25, 0.3) is 22.8 Å². The van der Waals surface area contributed by atoms with Gasteiger partial charge in [-0.05, 0) is 31.5 Å². The Labute approximate surface area is 197 Å². The number of rotatable bonds is 8. The van der Waals surface area contributed by atoms with Crippen LogP contribution in [0.4, 0.5) is 5.69 Å². The molecule has 0 unspecified atom stereocenters. The Morgan fingerprint density at radius 2 is 1.82 bits per heavy atom. The summed E-state index contributed by atoms with van der Waals surface area (Å²) in [4.78, 5) is 17.3. The maximum atomic E-state index is 12.8. The van der Waals surface area contributed by atoms with E-state index >= 15 is 0 Å². The number of carbonyl (C=O) groups excluding carboxylic acids is 1. The summed E-state index contributed by atoms with van der Waals surface area (Å²) in [5, 5.41) is 19.7. The second-order valence-electron chi connectivity index (χ2n) is 7.95. The molecule has 8 nitrogen and oxygen atoms in total. The highest BCUT2D eigenvalue weighted by Gasteiger charge is 2.17. The van der Waals surface area contributed by atoms with Crippen molar-refractivity contribution in [2.75, 3.05) is 11.1 Å². The van der Waals surface area contributed by atoms with Crippen LogP contribution < -0.4 is 5.32 Å². The van der Waals surface area contributed by atoms with Crippen LogP contribution in [0.2, 0.25) is 0 Å². The molecule has 2 aromatic heterocycles. The van der Waals surface area contributed by atoms with Crippen LogP contribution in [0.15, 0.2) is 53.7 Å². The lowest BCUT2D eigenvalue weighted by atomic mass is 10.1. The van der Waals surface area contributed by atoms with Gasteiger partial charge in [-0.15, -0.1) is 10.2 Å². The minimum absolute atomic E-state index is 0.129. The van der Waals surface area contributed by atoms with E-state index in [1.165, 1.54) is 11.8 Å². The molecule has 0 aliphatic heterocycles. The minimum Gasteiger partial charge on any atom is -0.325 e. The Kier molecular flexibility index (Phi) is 6.88. The van der Waals surface area contributed by atoms with Crippen molar-refractivity contribution in [1.29, 1.82) is 0 Å². The molecule has 0 saturated carbocycles. The van der Waals surface area contributed by atoms with Gasteiger partial charge in [-0.3, -0.25) is 9.89 Å². The van der Waals surface area contributed by atoms with Crippen molar-refractivity contribution in [1.82, 2.24) is 29.9 Å². The average Bonchev–Trinajstić information content (AvgIpc) is 3.46. The quantitative estimate of drug-likeness (QED) is 0.362. The Balaban J connectivity index is 1.47. The monoisotopic (exact) mass is 461 g/mol. The van der Waals surface area contributed by atoms with Crippen molar-refractivity contribution >= 4 is 23.4 Å². The molecule has 0 atom stereocenters.